The molecular weight excluding hydrogens is 358 g/mol. The van der Waals surface area contributed by atoms with Crippen molar-refractivity contribution in [2.75, 3.05) is 5.32 Å². The Hall–Kier alpha value is -2.10. The molecule has 0 bridgehead atoms. The van der Waals surface area contributed by atoms with Crippen LogP contribution in [0.15, 0.2) is 24.4 Å². The van der Waals surface area contributed by atoms with Gasteiger partial charge in [-0.1, -0.05) is 0 Å². The van der Waals surface area contributed by atoms with Gasteiger partial charge in [0, 0.05) is 24.4 Å². The maximum atomic E-state index is 12.8. The molecule has 0 fully saturated rings. The van der Waals surface area contributed by atoms with Crippen molar-refractivity contribution < 1.29 is 31.1 Å². The van der Waals surface area contributed by atoms with Gasteiger partial charge in [-0.3, -0.25) is 4.79 Å². The van der Waals surface area contributed by atoms with Gasteiger partial charge in [0.05, 0.1) is 11.1 Å². The number of carbonyl (C=O) groups is 1. The first kappa shape index (κ1) is 18.2. The molecule has 0 aliphatic heterocycles. The van der Waals surface area contributed by atoms with Crippen LogP contribution >= 0.6 is 11.3 Å². The second kappa shape index (κ2) is 6.42. The van der Waals surface area contributed by atoms with Crippen LogP contribution in [-0.2, 0) is 23.6 Å². The molecule has 0 radical (unpaired) electrons. The van der Waals surface area contributed by atoms with Gasteiger partial charge in [-0.15, -0.1) is 11.3 Å². The average molecular weight is 368 g/mol. The van der Waals surface area contributed by atoms with Crippen LogP contribution in [0.3, 0.4) is 0 Å². The Bertz CT molecular complexity index is 718. The molecule has 2 rings (SSSR count). The number of nitrogens with zero attached hydrogens (tertiary/aromatic N) is 1. The number of hydrogen-bond acceptors (Lipinski definition) is 3. The molecule has 0 spiro atoms. The summed E-state index contributed by atoms with van der Waals surface area (Å²) in [5, 5.41) is 2.61. The third-order valence-corrected chi connectivity index (χ3v) is 3.78. The van der Waals surface area contributed by atoms with Crippen LogP contribution in [0.4, 0.5) is 31.5 Å². The van der Waals surface area contributed by atoms with Crippen LogP contribution in [0.1, 0.15) is 28.5 Å². The summed E-state index contributed by atoms with van der Waals surface area (Å²) in [4.78, 5) is 15.2. The Morgan fingerprint density at radius 2 is 1.62 bits per heavy atom. The number of rotatable bonds is 3. The van der Waals surface area contributed by atoms with E-state index in [0.717, 1.165) is 11.3 Å². The number of halogens is 6. The normalized spacial score (nSPS) is 12.3. The van der Waals surface area contributed by atoms with Crippen LogP contribution in [-0.4, -0.2) is 10.9 Å². The van der Waals surface area contributed by atoms with Crippen molar-refractivity contribution in [3.8, 4) is 0 Å². The lowest BCUT2D eigenvalue weighted by Crippen LogP contribution is -2.11. The van der Waals surface area contributed by atoms with Crippen molar-refractivity contribution in [2.24, 2.45) is 0 Å². The molecule has 2 aromatic rings. The highest BCUT2D eigenvalue weighted by Gasteiger charge is 2.36. The lowest BCUT2D eigenvalue weighted by molar-refractivity contribution is -0.143. The monoisotopic (exact) mass is 368 g/mol. The summed E-state index contributed by atoms with van der Waals surface area (Å²) in [7, 11) is 0. The smallest absolute Gasteiger partial charge is 0.302 e. The molecule has 1 amide bonds. The average Bonchev–Trinajstić information content (AvgIpc) is 2.82. The highest BCUT2D eigenvalue weighted by molar-refractivity contribution is 7.15. The first-order valence-corrected chi connectivity index (χ1v) is 7.27. The Kier molecular flexibility index (Phi) is 4.88. The molecule has 0 unspecified atom stereocenters. The zero-order valence-electron chi connectivity index (χ0n) is 12.0. The van der Waals surface area contributed by atoms with Gasteiger partial charge in [-0.25, -0.2) is 4.98 Å². The number of anilines is 1. The summed E-state index contributed by atoms with van der Waals surface area (Å²) in [6, 6.07) is 1.43. The molecule has 3 nitrogen and oxygen atoms in total. The van der Waals surface area contributed by atoms with Gasteiger partial charge < -0.3 is 5.32 Å². The van der Waals surface area contributed by atoms with E-state index in [-0.39, 0.29) is 29.1 Å². The molecule has 130 valence electrons. The second-order valence-corrected chi connectivity index (χ2v) is 6.02. The van der Waals surface area contributed by atoms with Gasteiger partial charge >= 0.3 is 12.4 Å². The fourth-order valence-corrected chi connectivity index (χ4v) is 2.81. The summed E-state index contributed by atoms with van der Waals surface area (Å²) in [5.74, 6) is -0.380. The molecule has 10 heteroatoms. The first-order valence-electron chi connectivity index (χ1n) is 6.46. The SMILES string of the molecule is CC(=O)Nc1ncc(Cc2cc(C(F)(F)F)cc(C(F)(F)F)c2)s1. The minimum Gasteiger partial charge on any atom is -0.302 e. The van der Waals surface area contributed by atoms with Crippen molar-refractivity contribution in [2.45, 2.75) is 25.7 Å². The van der Waals surface area contributed by atoms with Gasteiger partial charge in [0.2, 0.25) is 5.91 Å². The maximum absolute atomic E-state index is 12.8. The molecule has 0 saturated heterocycles. The number of hydrogen-bond donors (Lipinski definition) is 1. The van der Waals surface area contributed by atoms with Crippen LogP contribution < -0.4 is 5.32 Å². The van der Waals surface area contributed by atoms with Gasteiger partial charge in [-0.2, -0.15) is 26.3 Å². The Morgan fingerprint density at radius 1 is 1.08 bits per heavy atom. The molecule has 1 N–H and O–H groups in total. The summed E-state index contributed by atoms with van der Waals surface area (Å²) in [5.41, 5.74) is -2.87. The largest absolute Gasteiger partial charge is 0.416 e. The number of benzene rings is 1. The van der Waals surface area contributed by atoms with Crippen molar-refractivity contribution in [1.29, 1.82) is 0 Å². The predicted octanol–water partition coefficient (Wildman–Crippen LogP) is 4.73. The number of thiazole rings is 1. The molecule has 0 saturated carbocycles. The third-order valence-electron chi connectivity index (χ3n) is 2.86. The van der Waals surface area contributed by atoms with Crippen molar-refractivity contribution in [1.82, 2.24) is 4.98 Å². The molecule has 0 aliphatic rings. The van der Waals surface area contributed by atoms with E-state index >= 15 is 0 Å². The molecule has 0 atom stereocenters. The fraction of sp³-hybridized carbons (Fsp3) is 0.286. The van der Waals surface area contributed by atoms with Crippen molar-refractivity contribution in [3.63, 3.8) is 0 Å². The fourth-order valence-electron chi connectivity index (χ4n) is 1.92. The molecule has 0 aliphatic carbocycles. The van der Waals surface area contributed by atoms with Crippen LogP contribution in [0.5, 0.6) is 0 Å². The Balaban J connectivity index is 2.35. The van der Waals surface area contributed by atoms with Crippen LogP contribution in [0.2, 0.25) is 0 Å². The van der Waals surface area contributed by atoms with Gasteiger partial charge in [0.1, 0.15) is 0 Å². The standard InChI is InChI=1S/C14H10F6N2OS/c1-7(23)22-12-21-6-11(24-12)4-8-2-9(13(15,16)17)5-10(3-8)14(18,19)20/h2-3,5-6H,4H2,1H3,(H,21,22,23). The number of alkyl halides is 6. The van der Waals surface area contributed by atoms with E-state index < -0.39 is 23.5 Å². The maximum Gasteiger partial charge on any atom is 0.416 e. The summed E-state index contributed by atoms with van der Waals surface area (Å²) < 4.78 is 76.8. The highest BCUT2D eigenvalue weighted by atomic mass is 32.1. The van der Waals surface area contributed by atoms with E-state index in [0.29, 0.717) is 17.0 Å². The topological polar surface area (TPSA) is 42.0 Å². The number of nitrogens with one attached hydrogen (secondary N) is 1. The number of carbonyl (C=O) groups excluding carboxylic acids is 1. The molecule has 1 aromatic heterocycles. The molecule has 1 heterocycles. The van der Waals surface area contributed by atoms with Crippen molar-refractivity contribution in [3.05, 3.63) is 46.0 Å². The first-order chi connectivity index (χ1) is 10.9. The Morgan fingerprint density at radius 3 is 2.08 bits per heavy atom. The van der Waals surface area contributed by atoms with Crippen LogP contribution in [0, 0.1) is 0 Å². The summed E-state index contributed by atoms with van der Waals surface area (Å²) in [6.07, 6.45) is -8.64. The molecule has 1 aromatic carbocycles. The second-order valence-electron chi connectivity index (χ2n) is 4.90. The van der Waals surface area contributed by atoms with E-state index in [9.17, 15) is 31.1 Å². The van der Waals surface area contributed by atoms with Crippen LogP contribution in [0.25, 0.3) is 0 Å². The third kappa shape index (κ3) is 4.70. The lowest BCUT2D eigenvalue weighted by atomic mass is 10.0. The lowest BCUT2D eigenvalue weighted by Gasteiger charge is -2.13. The van der Waals surface area contributed by atoms with E-state index in [2.05, 4.69) is 10.3 Å². The summed E-state index contributed by atoms with van der Waals surface area (Å²) in [6.45, 7) is 1.25. The van der Waals surface area contributed by atoms with E-state index in [4.69, 9.17) is 0 Å². The molecular formula is C14H10F6N2OS. The molecule has 24 heavy (non-hydrogen) atoms. The predicted molar refractivity (Wildman–Crippen MR) is 75.7 cm³/mol. The minimum atomic E-state index is -4.88. The highest BCUT2D eigenvalue weighted by Crippen LogP contribution is 2.37. The zero-order valence-corrected chi connectivity index (χ0v) is 12.9. The number of aromatic nitrogens is 1. The van der Waals surface area contributed by atoms with E-state index in [1.807, 2.05) is 0 Å². The van der Waals surface area contributed by atoms with Crippen molar-refractivity contribution >= 4 is 22.4 Å². The van der Waals surface area contributed by atoms with Gasteiger partial charge in [0.25, 0.3) is 0 Å². The van der Waals surface area contributed by atoms with E-state index in [1.165, 1.54) is 13.1 Å². The quantitative estimate of drug-likeness (QED) is 0.796. The Labute approximate surface area is 136 Å². The van der Waals surface area contributed by atoms with Gasteiger partial charge in [-0.05, 0) is 23.8 Å². The zero-order chi connectivity index (χ0) is 18.1. The minimum absolute atomic E-state index is 0.0822. The number of amides is 1. The summed E-state index contributed by atoms with van der Waals surface area (Å²) >= 11 is 0.977. The van der Waals surface area contributed by atoms with Gasteiger partial charge in [0.15, 0.2) is 5.13 Å². The van der Waals surface area contributed by atoms with E-state index in [1.54, 1.807) is 0 Å².